The normalized spacial score (nSPS) is 12.5. The molecular formula is C22H21NO4S. The Hall–Kier alpha value is -2.99. The Balaban J connectivity index is 1.40. The first kappa shape index (κ1) is 18.4. The third-order valence-electron chi connectivity index (χ3n) is 4.47. The van der Waals surface area contributed by atoms with Gasteiger partial charge in [0, 0.05) is 17.3 Å². The number of nitrogens with one attached hydrogen (secondary N) is 1. The van der Waals surface area contributed by atoms with Crippen LogP contribution in [-0.4, -0.2) is 19.1 Å². The number of benzene rings is 2. The zero-order valence-corrected chi connectivity index (χ0v) is 16.6. The van der Waals surface area contributed by atoms with E-state index in [1.165, 1.54) is 11.3 Å². The van der Waals surface area contributed by atoms with Gasteiger partial charge < -0.3 is 19.5 Å². The van der Waals surface area contributed by atoms with Gasteiger partial charge in [0.1, 0.15) is 25.6 Å². The van der Waals surface area contributed by atoms with E-state index in [1.807, 2.05) is 55.6 Å². The molecule has 1 aliphatic heterocycles. The Morgan fingerprint density at radius 3 is 2.61 bits per heavy atom. The predicted molar refractivity (Wildman–Crippen MR) is 110 cm³/mol. The van der Waals surface area contributed by atoms with Crippen molar-refractivity contribution in [1.29, 1.82) is 0 Å². The lowest BCUT2D eigenvalue weighted by atomic mass is 10.1. The Bertz CT molecular complexity index is 991. The van der Waals surface area contributed by atoms with Gasteiger partial charge in [0.25, 0.3) is 5.91 Å². The fourth-order valence-electron chi connectivity index (χ4n) is 3.07. The summed E-state index contributed by atoms with van der Waals surface area (Å²) in [5.41, 5.74) is 3.86. The molecule has 3 aromatic rings. The van der Waals surface area contributed by atoms with Gasteiger partial charge in [0.05, 0.1) is 4.88 Å². The maximum absolute atomic E-state index is 12.6. The number of carbonyl (C=O) groups is 1. The van der Waals surface area contributed by atoms with Crippen LogP contribution in [0.5, 0.6) is 17.2 Å². The Labute approximate surface area is 167 Å². The van der Waals surface area contributed by atoms with Gasteiger partial charge in [-0.15, -0.1) is 11.3 Å². The SMILES string of the molecule is Cc1cccc(C)c1OCc1csc(C(=O)Nc2ccc3c(c2)OCCO3)c1. The Kier molecular flexibility index (Phi) is 5.21. The molecule has 0 saturated carbocycles. The van der Waals surface area contributed by atoms with Crippen LogP contribution in [-0.2, 0) is 6.61 Å². The van der Waals surface area contributed by atoms with Crippen molar-refractivity contribution in [3.63, 3.8) is 0 Å². The highest BCUT2D eigenvalue weighted by molar-refractivity contribution is 7.12. The largest absolute Gasteiger partial charge is 0.488 e. The summed E-state index contributed by atoms with van der Waals surface area (Å²) in [6, 6.07) is 13.3. The minimum atomic E-state index is -0.153. The molecule has 144 valence electrons. The molecule has 5 nitrogen and oxygen atoms in total. The Morgan fingerprint density at radius 1 is 1.07 bits per heavy atom. The van der Waals surface area contributed by atoms with Gasteiger partial charge in [0.15, 0.2) is 11.5 Å². The Morgan fingerprint density at radius 2 is 1.82 bits per heavy atom. The lowest BCUT2D eigenvalue weighted by Crippen LogP contribution is -2.16. The molecule has 0 aliphatic carbocycles. The average Bonchev–Trinajstić information content (AvgIpc) is 3.17. The number of hydrogen-bond donors (Lipinski definition) is 1. The van der Waals surface area contributed by atoms with Gasteiger partial charge in [-0.3, -0.25) is 4.79 Å². The molecule has 1 amide bonds. The third-order valence-corrected chi connectivity index (χ3v) is 5.45. The number of para-hydroxylation sites is 1. The molecule has 4 rings (SSSR count). The van der Waals surface area contributed by atoms with E-state index in [4.69, 9.17) is 14.2 Å². The van der Waals surface area contributed by atoms with Crippen LogP contribution in [0, 0.1) is 13.8 Å². The summed E-state index contributed by atoms with van der Waals surface area (Å²) < 4.78 is 17.0. The van der Waals surface area contributed by atoms with E-state index in [0.717, 1.165) is 22.4 Å². The summed E-state index contributed by atoms with van der Waals surface area (Å²) in [5, 5.41) is 4.86. The molecule has 0 bridgehead atoms. The van der Waals surface area contributed by atoms with Crippen LogP contribution in [0.3, 0.4) is 0 Å². The van der Waals surface area contributed by atoms with Crippen molar-refractivity contribution in [2.45, 2.75) is 20.5 Å². The van der Waals surface area contributed by atoms with Crippen molar-refractivity contribution in [3.8, 4) is 17.2 Å². The molecule has 0 saturated heterocycles. The van der Waals surface area contributed by atoms with Gasteiger partial charge in [-0.2, -0.15) is 0 Å². The molecule has 2 heterocycles. The van der Waals surface area contributed by atoms with Gasteiger partial charge in [0.2, 0.25) is 0 Å². The molecule has 0 radical (unpaired) electrons. The number of anilines is 1. The second kappa shape index (κ2) is 7.94. The van der Waals surface area contributed by atoms with Crippen LogP contribution in [0.4, 0.5) is 5.69 Å². The van der Waals surface area contributed by atoms with Gasteiger partial charge >= 0.3 is 0 Å². The van der Waals surface area contributed by atoms with E-state index >= 15 is 0 Å². The highest BCUT2D eigenvalue weighted by atomic mass is 32.1. The molecule has 6 heteroatoms. The summed E-state index contributed by atoms with van der Waals surface area (Å²) in [6.07, 6.45) is 0. The number of amides is 1. The lowest BCUT2D eigenvalue weighted by Gasteiger charge is -2.18. The van der Waals surface area contributed by atoms with Crippen molar-refractivity contribution < 1.29 is 19.0 Å². The van der Waals surface area contributed by atoms with Crippen LogP contribution in [0.1, 0.15) is 26.4 Å². The van der Waals surface area contributed by atoms with Gasteiger partial charge in [-0.1, -0.05) is 18.2 Å². The molecule has 1 aromatic heterocycles. The summed E-state index contributed by atoms with van der Waals surface area (Å²) >= 11 is 1.40. The first-order valence-electron chi connectivity index (χ1n) is 9.07. The van der Waals surface area contributed by atoms with E-state index in [0.29, 0.717) is 41.9 Å². The zero-order chi connectivity index (χ0) is 19.5. The van der Waals surface area contributed by atoms with Gasteiger partial charge in [-0.05, 0) is 48.6 Å². The summed E-state index contributed by atoms with van der Waals surface area (Å²) in [4.78, 5) is 13.2. The van der Waals surface area contributed by atoms with E-state index in [2.05, 4.69) is 5.32 Å². The standard InChI is InChI=1S/C22H21NO4S/c1-14-4-3-5-15(2)21(14)27-12-16-10-20(28-13-16)22(24)23-17-6-7-18-19(11-17)26-9-8-25-18/h3-7,10-11,13H,8-9,12H2,1-2H3,(H,23,24). The summed E-state index contributed by atoms with van der Waals surface area (Å²) in [7, 11) is 0. The first-order chi connectivity index (χ1) is 13.6. The fraction of sp³-hybridized carbons (Fsp3) is 0.227. The quantitative estimate of drug-likeness (QED) is 0.663. The van der Waals surface area contributed by atoms with Crippen molar-refractivity contribution in [2.75, 3.05) is 18.5 Å². The topological polar surface area (TPSA) is 56.8 Å². The molecule has 0 unspecified atom stereocenters. The van der Waals surface area contributed by atoms with Crippen molar-refractivity contribution >= 4 is 22.9 Å². The van der Waals surface area contributed by atoms with Crippen LogP contribution in [0.15, 0.2) is 47.8 Å². The highest BCUT2D eigenvalue weighted by Crippen LogP contribution is 2.33. The van der Waals surface area contributed by atoms with Crippen LogP contribution in [0.2, 0.25) is 0 Å². The number of hydrogen-bond acceptors (Lipinski definition) is 5. The van der Waals surface area contributed by atoms with Crippen molar-refractivity contribution in [1.82, 2.24) is 0 Å². The minimum absolute atomic E-state index is 0.153. The van der Waals surface area contributed by atoms with Crippen LogP contribution < -0.4 is 19.5 Å². The van der Waals surface area contributed by atoms with E-state index < -0.39 is 0 Å². The number of aryl methyl sites for hydroxylation is 2. The van der Waals surface area contributed by atoms with Gasteiger partial charge in [-0.25, -0.2) is 0 Å². The molecule has 1 N–H and O–H groups in total. The summed E-state index contributed by atoms with van der Waals surface area (Å²) in [5.74, 6) is 2.10. The second-order valence-corrected chi connectivity index (χ2v) is 7.55. The number of fused-ring (bicyclic) bond motifs is 1. The molecule has 2 aromatic carbocycles. The maximum atomic E-state index is 12.6. The molecule has 0 spiro atoms. The van der Waals surface area contributed by atoms with E-state index in [1.54, 1.807) is 6.07 Å². The minimum Gasteiger partial charge on any atom is -0.488 e. The highest BCUT2D eigenvalue weighted by Gasteiger charge is 2.15. The third kappa shape index (κ3) is 3.97. The fourth-order valence-corrected chi connectivity index (χ4v) is 3.86. The second-order valence-electron chi connectivity index (χ2n) is 6.64. The smallest absolute Gasteiger partial charge is 0.265 e. The van der Waals surface area contributed by atoms with E-state index in [-0.39, 0.29) is 5.91 Å². The molecular weight excluding hydrogens is 374 g/mol. The van der Waals surface area contributed by atoms with Crippen molar-refractivity contribution in [3.05, 3.63) is 69.4 Å². The molecule has 0 atom stereocenters. The molecule has 28 heavy (non-hydrogen) atoms. The number of thiophene rings is 1. The zero-order valence-electron chi connectivity index (χ0n) is 15.8. The molecule has 0 fully saturated rings. The predicted octanol–water partition coefficient (Wildman–Crippen LogP) is 4.97. The number of rotatable bonds is 5. The number of ether oxygens (including phenoxy) is 3. The van der Waals surface area contributed by atoms with E-state index in [9.17, 15) is 4.79 Å². The maximum Gasteiger partial charge on any atom is 0.265 e. The average molecular weight is 395 g/mol. The van der Waals surface area contributed by atoms with Crippen LogP contribution in [0.25, 0.3) is 0 Å². The van der Waals surface area contributed by atoms with Crippen molar-refractivity contribution in [2.24, 2.45) is 0 Å². The number of carbonyl (C=O) groups excluding carboxylic acids is 1. The first-order valence-corrected chi connectivity index (χ1v) is 9.95. The molecule has 1 aliphatic rings. The monoisotopic (exact) mass is 395 g/mol. The lowest BCUT2D eigenvalue weighted by molar-refractivity contribution is 0.103. The summed E-state index contributed by atoms with van der Waals surface area (Å²) in [6.45, 7) is 5.55. The van der Waals surface area contributed by atoms with Crippen LogP contribution >= 0.6 is 11.3 Å².